The first-order valence-electron chi connectivity index (χ1n) is 8.29. The van der Waals surface area contributed by atoms with Gasteiger partial charge in [0, 0.05) is 11.6 Å². The van der Waals surface area contributed by atoms with Crippen molar-refractivity contribution in [2.45, 2.75) is 26.2 Å². The molecule has 0 aliphatic carbocycles. The summed E-state index contributed by atoms with van der Waals surface area (Å²) >= 11 is 0. The van der Waals surface area contributed by atoms with Crippen LogP contribution in [0.4, 0.5) is 5.69 Å². The zero-order chi connectivity index (χ0) is 18.2. The Labute approximate surface area is 147 Å². The second kappa shape index (κ2) is 8.87. The summed E-state index contributed by atoms with van der Waals surface area (Å²) in [5.74, 6) is -0.932. The van der Waals surface area contributed by atoms with Crippen LogP contribution < -0.4 is 10.1 Å². The highest BCUT2D eigenvalue weighted by atomic mass is 16.5. The minimum Gasteiger partial charge on any atom is -0.494 e. The average molecular weight is 341 g/mol. The fourth-order valence-electron chi connectivity index (χ4n) is 2.26. The van der Waals surface area contributed by atoms with Gasteiger partial charge < -0.3 is 15.2 Å². The van der Waals surface area contributed by atoms with Crippen molar-refractivity contribution < 1.29 is 19.4 Å². The number of benzene rings is 2. The van der Waals surface area contributed by atoms with E-state index in [1.54, 1.807) is 31.2 Å². The molecule has 0 fully saturated rings. The number of carbonyl (C=O) groups excluding carboxylic acids is 1. The molecule has 132 valence electrons. The number of aliphatic carboxylic acids is 1. The predicted molar refractivity (Wildman–Crippen MR) is 96.8 cm³/mol. The van der Waals surface area contributed by atoms with Crippen LogP contribution in [0.3, 0.4) is 0 Å². The largest absolute Gasteiger partial charge is 0.494 e. The number of hydrogen-bond donors (Lipinski definition) is 2. The maximum Gasteiger partial charge on any atom is 0.310 e. The van der Waals surface area contributed by atoms with Crippen LogP contribution >= 0.6 is 0 Å². The average Bonchev–Trinajstić information content (AvgIpc) is 2.62. The number of ether oxygens (including phenoxy) is 1. The summed E-state index contributed by atoms with van der Waals surface area (Å²) in [6.07, 6.45) is 0.606. The first kappa shape index (κ1) is 18.5. The number of amides is 1. The molecule has 0 aliphatic heterocycles. The number of nitrogens with one attached hydrogen (secondary N) is 1. The third-order valence-corrected chi connectivity index (χ3v) is 4.06. The Balaban J connectivity index is 1.81. The van der Waals surface area contributed by atoms with Gasteiger partial charge in [-0.2, -0.15) is 0 Å². The summed E-state index contributed by atoms with van der Waals surface area (Å²) in [6.45, 7) is 3.95. The van der Waals surface area contributed by atoms with Gasteiger partial charge in [-0.25, -0.2) is 0 Å². The van der Waals surface area contributed by atoms with Crippen LogP contribution in [0.15, 0.2) is 54.6 Å². The Bertz CT molecular complexity index is 697. The second-order valence-electron chi connectivity index (χ2n) is 6.02. The minimum atomic E-state index is -0.871. The van der Waals surface area contributed by atoms with E-state index in [-0.39, 0.29) is 11.8 Å². The monoisotopic (exact) mass is 341 g/mol. The molecular formula is C20H23NO4. The number of anilines is 1. The normalized spacial score (nSPS) is 12.9. The van der Waals surface area contributed by atoms with Gasteiger partial charge in [0.15, 0.2) is 0 Å². The van der Waals surface area contributed by atoms with Crippen LogP contribution in [0.2, 0.25) is 0 Å². The molecule has 0 aliphatic rings. The van der Waals surface area contributed by atoms with Crippen LogP contribution in [-0.4, -0.2) is 23.6 Å². The number of para-hydroxylation sites is 1. The first-order chi connectivity index (χ1) is 12.0. The number of carbonyl (C=O) groups is 2. The van der Waals surface area contributed by atoms with E-state index in [0.717, 1.165) is 5.75 Å². The smallest absolute Gasteiger partial charge is 0.310 e. The first-order valence-corrected chi connectivity index (χ1v) is 8.29. The van der Waals surface area contributed by atoms with Crippen molar-refractivity contribution in [3.63, 3.8) is 0 Å². The summed E-state index contributed by atoms with van der Waals surface area (Å²) in [7, 11) is 0. The van der Waals surface area contributed by atoms with Gasteiger partial charge in [-0.15, -0.1) is 0 Å². The standard InChI is InChI=1S/C20H23NO4/c1-14(12-13-25-18-6-4-3-5-7-18)19(22)21-17-10-8-16(9-11-17)15(2)20(23)24/h3-11,14-15H,12-13H2,1-2H3,(H,21,22)(H,23,24). The van der Waals surface area contributed by atoms with E-state index in [9.17, 15) is 9.59 Å². The van der Waals surface area contributed by atoms with Crippen LogP contribution in [0.25, 0.3) is 0 Å². The van der Waals surface area contributed by atoms with Crippen molar-refractivity contribution in [3.05, 3.63) is 60.2 Å². The molecule has 2 unspecified atom stereocenters. The fraction of sp³-hybridized carbons (Fsp3) is 0.300. The molecular weight excluding hydrogens is 318 g/mol. The van der Waals surface area contributed by atoms with Gasteiger partial charge in [0.2, 0.25) is 5.91 Å². The van der Waals surface area contributed by atoms with Crippen molar-refractivity contribution >= 4 is 17.6 Å². The van der Waals surface area contributed by atoms with E-state index in [1.165, 1.54) is 0 Å². The van der Waals surface area contributed by atoms with Gasteiger partial charge in [-0.3, -0.25) is 9.59 Å². The lowest BCUT2D eigenvalue weighted by molar-refractivity contribution is -0.138. The molecule has 2 rings (SSSR count). The highest BCUT2D eigenvalue weighted by Crippen LogP contribution is 2.19. The minimum absolute atomic E-state index is 0.0873. The molecule has 0 aromatic heterocycles. The zero-order valence-corrected chi connectivity index (χ0v) is 14.4. The maximum absolute atomic E-state index is 12.2. The van der Waals surface area contributed by atoms with Gasteiger partial charge in [0.1, 0.15) is 5.75 Å². The molecule has 0 saturated carbocycles. The van der Waals surface area contributed by atoms with E-state index in [0.29, 0.717) is 24.3 Å². The van der Waals surface area contributed by atoms with Gasteiger partial charge in [-0.1, -0.05) is 37.3 Å². The molecule has 5 nitrogen and oxygen atoms in total. The summed E-state index contributed by atoms with van der Waals surface area (Å²) in [6, 6.07) is 16.4. The van der Waals surface area contributed by atoms with E-state index >= 15 is 0 Å². The maximum atomic E-state index is 12.2. The van der Waals surface area contributed by atoms with Crippen molar-refractivity contribution in [3.8, 4) is 5.75 Å². The highest BCUT2D eigenvalue weighted by Gasteiger charge is 2.15. The Hall–Kier alpha value is -2.82. The number of hydrogen-bond acceptors (Lipinski definition) is 3. The van der Waals surface area contributed by atoms with E-state index in [1.807, 2.05) is 37.3 Å². The summed E-state index contributed by atoms with van der Waals surface area (Å²) < 4.78 is 5.61. The molecule has 5 heteroatoms. The Morgan fingerprint density at radius 1 is 1.04 bits per heavy atom. The lowest BCUT2D eigenvalue weighted by atomic mass is 10.0. The molecule has 2 aromatic rings. The summed E-state index contributed by atoms with van der Waals surface area (Å²) in [5.41, 5.74) is 1.36. The molecule has 0 heterocycles. The Kier molecular flexibility index (Phi) is 6.57. The summed E-state index contributed by atoms with van der Waals surface area (Å²) in [5, 5.41) is 11.8. The molecule has 1 amide bonds. The molecule has 25 heavy (non-hydrogen) atoms. The molecule has 0 bridgehead atoms. The second-order valence-corrected chi connectivity index (χ2v) is 6.02. The molecule has 2 N–H and O–H groups in total. The predicted octanol–water partition coefficient (Wildman–Crippen LogP) is 3.92. The third kappa shape index (κ3) is 5.64. The van der Waals surface area contributed by atoms with Crippen LogP contribution in [-0.2, 0) is 9.59 Å². The van der Waals surface area contributed by atoms with E-state index in [2.05, 4.69) is 5.32 Å². The van der Waals surface area contributed by atoms with E-state index < -0.39 is 11.9 Å². The summed E-state index contributed by atoms with van der Waals surface area (Å²) in [4.78, 5) is 23.2. The Morgan fingerprint density at radius 3 is 2.28 bits per heavy atom. The highest BCUT2D eigenvalue weighted by molar-refractivity contribution is 5.92. The van der Waals surface area contributed by atoms with Crippen molar-refractivity contribution in [1.82, 2.24) is 0 Å². The molecule has 2 atom stereocenters. The van der Waals surface area contributed by atoms with Crippen molar-refractivity contribution in [2.24, 2.45) is 5.92 Å². The lowest BCUT2D eigenvalue weighted by Crippen LogP contribution is -2.22. The quantitative estimate of drug-likeness (QED) is 0.763. The van der Waals surface area contributed by atoms with Gasteiger partial charge in [-0.05, 0) is 43.2 Å². The fourth-order valence-corrected chi connectivity index (χ4v) is 2.26. The van der Waals surface area contributed by atoms with Crippen LogP contribution in [0, 0.1) is 5.92 Å². The number of carboxylic acid groups (broad SMARTS) is 1. The molecule has 0 radical (unpaired) electrons. The van der Waals surface area contributed by atoms with Crippen molar-refractivity contribution in [2.75, 3.05) is 11.9 Å². The zero-order valence-electron chi connectivity index (χ0n) is 14.4. The van der Waals surface area contributed by atoms with Crippen molar-refractivity contribution in [1.29, 1.82) is 0 Å². The third-order valence-electron chi connectivity index (χ3n) is 4.06. The Morgan fingerprint density at radius 2 is 1.68 bits per heavy atom. The molecule has 2 aromatic carbocycles. The van der Waals surface area contributed by atoms with Gasteiger partial charge in [0.25, 0.3) is 0 Å². The van der Waals surface area contributed by atoms with Gasteiger partial charge >= 0.3 is 5.97 Å². The van der Waals surface area contributed by atoms with Gasteiger partial charge in [0.05, 0.1) is 12.5 Å². The lowest BCUT2D eigenvalue weighted by Gasteiger charge is -2.14. The van der Waals surface area contributed by atoms with Crippen LogP contribution in [0.5, 0.6) is 5.75 Å². The van der Waals surface area contributed by atoms with E-state index in [4.69, 9.17) is 9.84 Å². The topological polar surface area (TPSA) is 75.6 Å². The molecule has 0 saturated heterocycles. The van der Waals surface area contributed by atoms with Crippen LogP contribution in [0.1, 0.15) is 31.7 Å². The number of rotatable bonds is 8. The number of carboxylic acids is 1. The molecule has 0 spiro atoms. The SMILES string of the molecule is CC(CCOc1ccccc1)C(=O)Nc1ccc(C(C)C(=O)O)cc1.